The summed E-state index contributed by atoms with van der Waals surface area (Å²) in [6, 6.07) is 7.71. The van der Waals surface area contributed by atoms with E-state index >= 15 is 4.39 Å². The Morgan fingerprint density at radius 3 is 2.61 bits per heavy atom. The average Bonchev–Trinajstić information content (AvgIpc) is 3.33. The Kier molecular flexibility index (Phi) is 5.21. The minimum absolute atomic E-state index is 0.0685. The van der Waals surface area contributed by atoms with Gasteiger partial charge in [0.1, 0.15) is 28.7 Å². The first kappa shape index (κ1) is 22.8. The molecule has 2 aliphatic heterocycles. The smallest absolute Gasteiger partial charge is 0.318 e. The second-order valence-electron chi connectivity index (χ2n) is 9.51. The van der Waals surface area contributed by atoms with E-state index in [2.05, 4.69) is 26.3 Å². The van der Waals surface area contributed by atoms with Crippen LogP contribution in [0.25, 0.3) is 32.9 Å². The molecule has 0 aliphatic carbocycles. The van der Waals surface area contributed by atoms with E-state index in [1.54, 1.807) is 12.1 Å². The molecule has 4 aromatic rings. The van der Waals surface area contributed by atoms with Gasteiger partial charge in [-0.05, 0) is 38.0 Å². The Balaban J connectivity index is 1.65. The summed E-state index contributed by atoms with van der Waals surface area (Å²) in [5.74, 6) is -0.207. The Morgan fingerprint density at radius 1 is 1.22 bits per heavy atom. The largest absolute Gasteiger partial charge is 0.507 e. The molecule has 36 heavy (non-hydrogen) atoms. The van der Waals surface area contributed by atoms with Gasteiger partial charge >= 0.3 is 6.01 Å². The van der Waals surface area contributed by atoms with Gasteiger partial charge in [0.05, 0.1) is 17.6 Å². The zero-order chi connectivity index (χ0) is 25.3. The molecule has 2 aliphatic rings. The normalized spacial score (nSPS) is 19.3. The van der Waals surface area contributed by atoms with Gasteiger partial charge in [0, 0.05) is 59.8 Å². The summed E-state index contributed by atoms with van der Waals surface area (Å²) in [7, 11) is 3.28. The van der Waals surface area contributed by atoms with E-state index in [1.165, 1.54) is 13.2 Å². The number of hydrogen-bond donors (Lipinski definition) is 2. The molecular formula is C26H24ClFN6O2. The lowest BCUT2D eigenvalue weighted by Gasteiger charge is -2.34. The summed E-state index contributed by atoms with van der Waals surface area (Å²) in [6.07, 6.45) is 2.18. The molecule has 4 heterocycles. The predicted octanol–water partition coefficient (Wildman–Crippen LogP) is 4.42. The molecule has 1 unspecified atom stereocenters. The van der Waals surface area contributed by atoms with Crippen LogP contribution in [0.2, 0.25) is 5.02 Å². The first-order valence-electron chi connectivity index (χ1n) is 11.8. The van der Waals surface area contributed by atoms with Crippen LogP contribution in [0.4, 0.5) is 10.2 Å². The number of benzene rings is 2. The van der Waals surface area contributed by atoms with E-state index in [4.69, 9.17) is 16.3 Å². The maximum Gasteiger partial charge on any atom is 0.318 e. The van der Waals surface area contributed by atoms with Gasteiger partial charge in [-0.2, -0.15) is 15.2 Å². The number of aryl methyl sites for hydroxylation is 1. The van der Waals surface area contributed by atoms with Gasteiger partial charge in [0.25, 0.3) is 0 Å². The lowest BCUT2D eigenvalue weighted by atomic mass is 9.96. The van der Waals surface area contributed by atoms with Crippen LogP contribution in [0.15, 0.2) is 18.2 Å². The lowest BCUT2D eigenvalue weighted by molar-refractivity contribution is 0.380. The fourth-order valence-corrected chi connectivity index (χ4v) is 6.04. The summed E-state index contributed by atoms with van der Waals surface area (Å²) >= 11 is 6.80. The van der Waals surface area contributed by atoms with Crippen molar-refractivity contribution in [3.05, 3.63) is 40.3 Å². The first-order chi connectivity index (χ1) is 17.3. The van der Waals surface area contributed by atoms with Crippen molar-refractivity contribution in [1.82, 2.24) is 19.9 Å². The number of phenolic OH excluding ortho intramolecular Hbond substituents is 1. The third kappa shape index (κ3) is 3.21. The van der Waals surface area contributed by atoms with Crippen molar-refractivity contribution in [2.45, 2.75) is 31.8 Å². The summed E-state index contributed by atoms with van der Waals surface area (Å²) in [6.45, 7) is 3.33. The van der Waals surface area contributed by atoms with E-state index in [1.807, 2.05) is 18.5 Å². The minimum Gasteiger partial charge on any atom is -0.507 e. The fraction of sp³-hybridized carbons (Fsp3) is 0.346. The average molecular weight is 507 g/mol. The zero-order valence-electron chi connectivity index (χ0n) is 20.1. The number of nitrogens with one attached hydrogen (secondary N) is 1. The third-order valence-electron chi connectivity index (χ3n) is 7.54. The van der Waals surface area contributed by atoms with Gasteiger partial charge in [-0.15, -0.1) is 0 Å². The molecule has 0 spiro atoms. The van der Waals surface area contributed by atoms with Crippen molar-refractivity contribution in [2.75, 3.05) is 25.1 Å². The van der Waals surface area contributed by atoms with E-state index in [9.17, 15) is 10.4 Å². The number of piperazine rings is 1. The van der Waals surface area contributed by atoms with Crippen LogP contribution < -0.4 is 15.0 Å². The molecule has 0 amide bonds. The van der Waals surface area contributed by atoms with Gasteiger partial charge in [-0.25, -0.2) is 4.39 Å². The van der Waals surface area contributed by atoms with E-state index < -0.39 is 5.82 Å². The highest BCUT2D eigenvalue weighted by Gasteiger charge is 2.34. The minimum atomic E-state index is -0.625. The molecule has 8 nitrogen and oxygen atoms in total. The molecule has 6 rings (SSSR count). The summed E-state index contributed by atoms with van der Waals surface area (Å²) in [5.41, 5.74) is 2.12. The quantitative estimate of drug-likeness (QED) is 0.424. The van der Waals surface area contributed by atoms with Gasteiger partial charge in [0.15, 0.2) is 5.82 Å². The molecule has 0 radical (unpaired) electrons. The van der Waals surface area contributed by atoms with Crippen molar-refractivity contribution < 1.29 is 14.2 Å². The maximum atomic E-state index is 16.5. The number of methoxy groups -OCH3 is 1. The lowest BCUT2D eigenvalue weighted by Crippen LogP contribution is -2.51. The predicted molar refractivity (Wildman–Crippen MR) is 136 cm³/mol. The first-order valence-corrected chi connectivity index (χ1v) is 12.2. The number of aromatic hydroxyl groups is 1. The van der Waals surface area contributed by atoms with E-state index in [0.717, 1.165) is 25.9 Å². The van der Waals surface area contributed by atoms with Crippen molar-refractivity contribution in [2.24, 2.45) is 7.05 Å². The standard InChI is InChI=1S/C26H24ClFN6O2/c1-12-20(21-16(9-29)19(35)7-6-18(21)33(12)2)22-17(27)8-15-24(23(22)28)31-26(36-3)32-25(15)34-10-13-4-5-14(11-34)30-13/h6-8,13-14,30,35H,4-5,10-11H2,1-3H3/t13-,14?/m0/s1. The third-order valence-corrected chi connectivity index (χ3v) is 7.84. The number of hydrogen-bond acceptors (Lipinski definition) is 7. The van der Waals surface area contributed by atoms with Crippen LogP contribution in [0, 0.1) is 24.1 Å². The molecule has 2 aromatic heterocycles. The molecule has 2 aromatic carbocycles. The molecule has 184 valence electrons. The van der Waals surface area contributed by atoms with Crippen LogP contribution >= 0.6 is 11.6 Å². The molecular weight excluding hydrogens is 483 g/mol. The number of aromatic nitrogens is 3. The molecule has 2 atom stereocenters. The van der Waals surface area contributed by atoms with Crippen molar-refractivity contribution in [3.8, 4) is 29.0 Å². The van der Waals surface area contributed by atoms with Crippen LogP contribution in [-0.2, 0) is 7.05 Å². The Bertz CT molecular complexity index is 1600. The van der Waals surface area contributed by atoms with Crippen molar-refractivity contribution >= 4 is 39.2 Å². The van der Waals surface area contributed by atoms with Crippen molar-refractivity contribution in [3.63, 3.8) is 0 Å². The van der Waals surface area contributed by atoms with Crippen LogP contribution in [-0.4, -0.2) is 51.9 Å². The Labute approximate surface area is 211 Å². The van der Waals surface area contributed by atoms with Gasteiger partial charge in [0.2, 0.25) is 0 Å². The zero-order valence-corrected chi connectivity index (χ0v) is 20.8. The highest BCUT2D eigenvalue weighted by atomic mass is 35.5. The number of nitrogens with zero attached hydrogens (tertiary/aromatic N) is 5. The van der Waals surface area contributed by atoms with Crippen LogP contribution in [0.1, 0.15) is 24.1 Å². The second-order valence-corrected chi connectivity index (χ2v) is 9.91. The van der Waals surface area contributed by atoms with Gasteiger partial charge in [-0.1, -0.05) is 11.6 Å². The highest BCUT2D eigenvalue weighted by Crippen LogP contribution is 2.45. The number of anilines is 1. The number of halogens is 2. The molecule has 2 saturated heterocycles. The highest BCUT2D eigenvalue weighted by molar-refractivity contribution is 6.35. The molecule has 2 N–H and O–H groups in total. The Morgan fingerprint density at radius 2 is 1.94 bits per heavy atom. The molecule has 10 heteroatoms. The number of phenols is 1. The second kappa shape index (κ2) is 8.22. The van der Waals surface area contributed by atoms with Crippen LogP contribution in [0.5, 0.6) is 11.8 Å². The SMILES string of the molecule is COc1nc(N2CC3CC[C@@H](C2)N3)c2cc(Cl)c(-c3c(C)n(C)c4ccc(O)c(C#N)c34)c(F)c2n1. The number of fused-ring (bicyclic) bond motifs is 4. The number of rotatable bonds is 3. The number of ether oxygens (including phenoxy) is 1. The van der Waals surface area contributed by atoms with Gasteiger partial charge < -0.3 is 24.6 Å². The fourth-order valence-electron chi connectivity index (χ4n) is 5.75. The van der Waals surface area contributed by atoms with E-state index in [-0.39, 0.29) is 33.4 Å². The summed E-state index contributed by atoms with van der Waals surface area (Å²) < 4.78 is 23.7. The number of nitriles is 1. The van der Waals surface area contributed by atoms with Crippen molar-refractivity contribution in [1.29, 1.82) is 5.26 Å². The summed E-state index contributed by atoms with van der Waals surface area (Å²) in [5, 5.41) is 24.9. The Hall–Kier alpha value is -3.61. The van der Waals surface area contributed by atoms with Gasteiger partial charge in [-0.3, -0.25) is 0 Å². The van der Waals surface area contributed by atoms with E-state index in [0.29, 0.717) is 45.4 Å². The molecule has 0 saturated carbocycles. The summed E-state index contributed by atoms with van der Waals surface area (Å²) in [4.78, 5) is 11.1. The van der Waals surface area contributed by atoms with Crippen LogP contribution in [0.3, 0.4) is 0 Å². The molecule has 2 bridgehead atoms. The topological polar surface area (TPSA) is 99.2 Å². The monoisotopic (exact) mass is 506 g/mol. The maximum absolute atomic E-state index is 16.5. The molecule has 2 fully saturated rings.